The van der Waals surface area contributed by atoms with E-state index >= 15 is 0 Å². The van der Waals surface area contributed by atoms with Crippen molar-refractivity contribution in [3.05, 3.63) is 57.8 Å². The molecule has 0 atom stereocenters. The largest absolute Gasteiger partial charge is 0.358 e. The molecular formula is C23H27FN4O2. The first kappa shape index (κ1) is 21.6. The second-order valence-electron chi connectivity index (χ2n) is 7.25. The Kier molecular flexibility index (Phi) is 6.55. The van der Waals surface area contributed by atoms with Crippen molar-refractivity contribution < 1.29 is 14.0 Å². The van der Waals surface area contributed by atoms with Gasteiger partial charge in [0.1, 0.15) is 5.82 Å². The molecule has 3 N–H and O–H groups in total. The summed E-state index contributed by atoms with van der Waals surface area (Å²) in [5.41, 5.74) is 7.07. The number of hydrogen-bond acceptors (Lipinski definition) is 3. The second kappa shape index (κ2) is 9.11. The Morgan fingerprint density at radius 3 is 2.70 bits per heavy atom. The zero-order valence-electron chi connectivity index (χ0n) is 17.8. The number of benzene rings is 1. The number of nitrogens with zero attached hydrogens (tertiary/aromatic N) is 1. The van der Waals surface area contributed by atoms with Gasteiger partial charge < -0.3 is 20.5 Å². The van der Waals surface area contributed by atoms with Gasteiger partial charge in [0.2, 0.25) is 0 Å². The fourth-order valence-corrected chi connectivity index (χ4v) is 3.64. The lowest BCUT2D eigenvalue weighted by atomic mass is 10.1. The molecule has 3 rings (SSSR count). The third-order valence-electron chi connectivity index (χ3n) is 5.40. The van der Waals surface area contributed by atoms with Crippen LogP contribution in [-0.2, 0) is 4.79 Å². The van der Waals surface area contributed by atoms with Gasteiger partial charge >= 0.3 is 0 Å². The lowest BCUT2D eigenvalue weighted by Gasteiger charge is -2.18. The molecule has 0 radical (unpaired) electrons. The van der Waals surface area contributed by atoms with E-state index in [0.717, 1.165) is 30.9 Å². The molecule has 158 valence electrons. The van der Waals surface area contributed by atoms with Gasteiger partial charge in [0.15, 0.2) is 0 Å². The van der Waals surface area contributed by atoms with E-state index < -0.39 is 5.82 Å². The van der Waals surface area contributed by atoms with Crippen LogP contribution in [0.2, 0.25) is 0 Å². The maximum absolute atomic E-state index is 13.6. The number of aryl methyl sites for hydroxylation is 1. The van der Waals surface area contributed by atoms with E-state index in [1.807, 2.05) is 13.8 Å². The molecule has 1 aliphatic rings. The highest BCUT2D eigenvalue weighted by Gasteiger charge is 2.24. The third kappa shape index (κ3) is 4.37. The number of carbonyl (C=O) groups is 2. The molecule has 6 nitrogen and oxygen atoms in total. The zero-order valence-corrected chi connectivity index (χ0v) is 17.8. The van der Waals surface area contributed by atoms with Gasteiger partial charge in [-0.15, -0.1) is 5.73 Å². The molecular weight excluding hydrogens is 383 g/mol. The van der Waals surface area contributed by atoms with E-state index in [-0.39, 0.29) is 17.4 Å². The van der Waals surface area contributed by atoms with Crippen LogP contribution in [0.3, 0.4) is 0 Å². The normalized spacial score (nSPS) is 12.6. The fraction of sp³-hybridized carbons (Fsp3) is 0.348. The Hall–Kier alpha value is -3.15. The van der Waals surface area contributed by atoms with Crippen LogP contribution in [0.5, 0.6) is 0 Å². The molecule has 0 saturated heterocycles. The van der Waals surface area contributed by atoms with Crippen molar-refractivity contribution in [2.24, 2.45) is 0 Å². The van der Waals surface area contributed by atoms with Crippen LogP contribution < -0.4 is 10.6 Å². The van der Waals surface area contributed by atoms with E-state index in [4.69, 9.17) is 0 Å². The van der Waals surface area contributed by atoms with Crippen molar-refractivity contribution in [1.82, 2.24) is 15.2 Å². The molecule has 30 heavy (non-hydrogen) atoms. The highest BCUT2D eigenvalue weighted by Crippen LogP contribution is 2.31. The molecule has 0 bridgehead atoms. The predicted molar refractivity (Wildman–Crippen MR) is 117 cm³/mol. The number of likely N-dealkylation sites (N-methyl/N-ethyl adjacent to an activating group) is 1. The Bertz CT molecular complexity index is 1040. The average Bonchev–Trinajstić information content (AvgIpc) is 3.18. The standard InChI is InChI=1S/C23H27FN4O2/c1-5-28(6-2)12-11-25-23(30)21-14(3)19(26-15(21)4)10-8-17-18-13-16(24)7-9-20(18)27-22(17)29/h7,9-10,13,26H,5-6,11-12H2,1-4H3,(H,25,30)(H,27,29). The first-order chi connectivity index (χ1) is 14.3. The van der Waals surface area contributed by atoms with Crippen molar-refractivity contribution in [2.45, 2.75) is 27.7 Å². The summed E-state index contributed by atoms with van der Waals surface area (Å²) in [6, 6.07) is 4.14. The van der Waals surface area contributed by atoms with Crippen LogP contribution in [0, 0.1) is 19.7 Å². The first-order valence-corrected chi connectivity index (χ1v) is 10.1. The highest BCUT2D eigenvalue weighted by atomic mass is 19.1. The van der Waals surface area contributed by atoms with Crippen molar-refractivity contribution in [2.75, 3.05) is 31.5 Å². The minimum absolute atomic E-state index is 0.133. The highest BCUT2D eigenvalue weighted by molar-refractivity contribution is 6.31. The smallest absolute Gasteiger partial charge is 0.264 e. The number of rotatable bonds is 7. The number of carbonyl (C=O) groups excluding carboxylic acids is 2. The van der Waals surface area contributed by atoms with Crippen molar-refractivity contribution in [3.63, 3.8) is 0 Å². The lowest BCUT2D eigenvalue weighted by Crippen LogP contribution is -2.35. The van der Waals surface area contributed by atoms with Crippen molar-refractivity contribution >= 4 is 29.2 Å². The molecule has 0 aliphatic carbocycles. The number of H-pyrrole nitrogens is 1. The molecule has 0 fully saturated rings. The topological polar surface area (TPSA) is 77.2 Å². The lowest BCUT2D eigenvalue weighted by molar-refractivity contribution is -0.110. The summed E-state index contributed by atoms with van der Waals surface area (Å²) in [4.78, 5) is 30.3. The van der Waals surface area contributed by atoms with E-state index in [0.29, 0.717) is 29.1 Å². The summed E-state index contributed by atoms with van der Waals surface area (Å²) >= 11 is 0. The Balaban J connectivity index is 1.83. The second-order valence-corrected chi connectivity index (χ2v) is 7.25. The van der Waals surface area contributed by atoms with E-state index in [1.165, 1.54) is 18.2 Å². The van der Waals surface area contributed by atoms with Gasteiger partial charge in [0, 0.05) is 41.8 Å². The Labute approximate surface area is 175 Å². The number of halogens is 1. The molecule has 0 saturated carbocycles. The van der Waals surface area contributed by atoms with Gasteiger partial charge in [-0.2, -0.15) is 0 Å². The summed E-state index contributed by atoms with van der Waals surface area (Å²) in [5, 5.41) is 5.67. The van der Waals surface area contributed by atoms with Crippen LogP contribution in [0.15, 0.2) is 23.9 Å². The zero-order chi connectivity index (χ0) is 21.8. The van der Waals surface area contributed by atoms with Crippen LogP contribution in [0.25, 0.3) is 11.6 Å². The summed E-state index contributed by atoms with van der Waals surface area (Å²) in [7, 11) is 0. The SMILES string of the molecule is CCN(CC)CCNC(=O)c1c(C)[nH]c(C=C=C2C(=O)Nc3ccc(F)cc32)c1C. The number of aromatic nitrogens is 1. The van der Waals surface area contributed by atoms with Crippen molar-refractivity contribution in [1.29, 1.82) is 0 Å². The van der Waals surface area contributed by atoms with Crippen LogP contribution in [0.1, 0.15) is 46.7 Å². The third-order valence-corrected chi connectivity index (χ3v) is 5.40. The quantitative estimate of drug-likeness (QED) is 0.483. The number of nitrogens with one attached hydrogen (secondary N) is 3. The molecule has 1 aromatic heterocycles. The maximum atomic E-state index is 13.6. The van der Waals surface area contributed by atoms with E-state index in [9.17, 15) is 14.0 Å². The van der Waals surface area contributed by atoms with E-state index in [2.05, 4.69) is 40.1 Å². The van der Waals surface area contributed by atoms with Gasteiger partial charge in [-0.3, -0.25) is 9.59 Å². The monoisotopic (exact) mass is 410 g/mol. The predicted octanol–water partition coefficient (Wildman–Crippen LogP) is 3.49. The molecule has 2 amide bonds. The Morgan fingerprint density at radius 2 is 2.00 bits per heavy atom. The summed E-state index contributed by atoms with van der Waals surface area (Å²) in [5.74, 6) is -0.881. The molecule has 2 aromatic rings. The van der Waals surface area contributed by atoms with Gasteiger partial charge in [0.05, 0.1) is 11.1 Å². The molecule has 2 heterocycles. The van der Waals surface area contributed by atoms with Crippen LogP contribution in [0.4, 0.5) is 10.1 Å². The molecule has 7 heteroatoms. The summed E-state index contributed by atoms with van der Waals surface area (Å²) < 4.78 is 13.6. The fourth-order valence-electron chi connectivity index (χ4n) is 3.64. The minimum atomic E-state index is -0.417. The summed E-state index contributed by atoms with van der Waals surface area (Å²) in [6.45, 7) is 11.1. The van der Waals surface area contributed by atoms with Gasteiger partial charge in [-0.1, -0.05) is 13.8 Å². The summed E-state index contributed by atoms with van der Waals surface area (Å²) in [6.07, 6.45) is 1.63. The first-order valence-electron chi connectivity index (χ1n) is 10.1. The van der Waals surface area contributed by atoms with Crippen LogP contribution >= 0.6 is 0 Å². The number of amides is 2. The molecule has 1 aliphatic heterocycles. The number of hydrogen-bond donors (Lipinski definition) is 3. The Morgan fingerprint density at radius 1 is 1.27 bits per heavy atom. The molecule has 0 spiro atoms. The number of fused-ring (bicyclic) bond motifs is 1. The molecule has 1 aromatic carbocycles. The van der Waals surface area contributed by atoms with E-state index in [1.54, 1.807) is 6.08 Å². The van der Waals surface area contributed by atoms with Crippen molar-refractivity contribution in [3.8, 4) is 0 Å². The number of anilines is 1. The minimum Gasteiger partial charge on any atom is -0.358 e. The average molecular weight is 410 g/mol. The molecule has 0 unspecified atom stereocenters. The van der Waals surface area contributed by atoms with Crippen LogP contribution in [-0.4, -0.2) is 47.9 Å². The van der Waals surface area contributed by atoms with Gasteiger partial charge in [-0.05, 0) is 50.7 Å². The van der Waals surface area contributed by atoms with Gasteiger partial charge in [0.25, 0.3) is 11.8 Å². The number of aromatic amines is 1. The maximum Gasteiger partial charge on any atom is 0.264 e. The van der Waals surface area contributed by atoms with Gasteiger partial charge in [-0.25, -0.2) is 4.39 Å².